The number of halogens is 1. The van der Waals surface area contributed by atoms with Crippen LogP contribution in [-0.4, -0.2) is 17.0 Å². The van der Waals surface area contributed by atoms with Gasteiger partial charge in [-0.05, 0) is 17.7 Å². The molecule has 106 valence electrons. The molecule has 1 N–H and O–H groups in total. The van der Waals surface area contributed by atoms with E-state index in [0.717, 1.165) is 0 Å². The van der Waals surface area contributed by atoms with Gasteiger partial charge in [0.1, 0.15) is 6.10 Å². The summed E-state index contributed by atoms with van der Waals surface area (Å²) in [7, 11) is 0. The molecule has 0 unspecified atom stereocenters. The van der Waals surface area contributed by atoms with Gasteiger partial charge in [-0.15, -0.1) is 5.73 Å². The van der Waals surface area contributed by atoms with E-state index in [4.69, 9.17) is 11.6 Å². The highest BCUT2D eigenvalue weighted by atomic mass is 35.5. The number of Topliss-reactive ketones (excluding diaryl/α,β-unsaturated/α-hetero) is 1. The Bertz CT molecular complexity index is 673. The molecule has 0 spiro atoms. The first-order chi connectivity index (χ1) is 10.1. The van der Waals surface area contributed by atoms with Crippen LogP contribution >= 0.6 is 11.6 Å². The van der Waals surface area contributed by atoms with Crippen molar-refractivity contribution >= 4 is 17.4 Å². The first kappa shape index (κ1) is 15.3. The quantitative estimate of drug-likeness (QED) is 0.669. The normalized spacial score (nSPS) is 13.0. The predicted molar refractivity (Wildman–Crippen MR) is 84.7 cm³/mol. The molecule has 0 heterocycles. The number of aliphatic hydroxyl groups excluding tert-OH is 1. The van der Waals surface area contributed by atoms with Crippen LogP contribution in [0.15, 0.2) is 73.0 Å². The van der Waals surface area contributed by atoms with Gasteiger partial charge in [-0.3, -0.25) is 4.79 Å². The van der Waals surface area contributed by atoms with Crippen molar-refractivity contribution in [2.24, 2.45) is 0 Å². The van der Waals surface area contributed by atoms with Crippen LogP contribution in [0.2, 0.25) is 5.02 Å². The van der Waals surface area contributed by atoms with Gasteiger partial charge in [-0.25, -0.2) is 0 Å². The fourth-order valence-corrected chi connectivity index (χ4v) is 2.42. The van der Waals surface area contributed by atoms with Crippen LogP contribution in [0.3, 0.4) is 0 Å². The minimum absolute atomic E-state index is 0.355. The van der Waals surface area contributed by atoms with Gasteiger partial charge in [-0.2, -0.15) is 0 Å². The average Bonchev–Trinajstić information content (AvgIpc) is 2.53. The van der Waals surface area contributed by atoms with E-state index in [1.165, 1.54) is 0 Å². The van der Waals surface area contributed by atoms with E-state index < -0.39 is 12.0 Å². The summed E-state index contributed by atoms with van der Waals surface area (Å²) in [5.41, 5.74) is 3.77. The van der Waals surface area contributed by atoms with E-state index in [9.17, 15) is 9.90 Å². The summed E-state index contributed by atoms with van der Waals surface area (Å²) in [6.45, 7) is 3.52. The third kappa shape index (κ3) is 3.50. The lowest BCUT2D eigenvalue weighted by molar-refractivity contribution is 0.0720. The molecule has 0 aromatic heterocycles. The molecule has 2 aromatic rings. The molecular formula is C18H15ClO2. The van der Waals surface area contributed by atoms with Crippen molar-refractivity contribution in [2.45, 2.75) is 12.0 Å². The van der Waals surface area contributed by atoms with Crippen LogP contribution in [0.4, 0.5) is 0 Å². The first-order valence-electron chi connectivity index (χ1n) is 6.53. The third-order valence-electron chi connectivity index (χ3n) is 3.23. The molecule has 0 fully saturated rings. The van der Waals surface area contributed by atoms with Crippen molar-refractivity contribution in [2.75, 3.05) is 0 Å². The summed E-state index contributed by atoms with van der Waals surface area (Å²) in [4.78, 5) is 12.4. The fraction of sp³-hybridized carbons (Fsp3) is 0.111. The Morgan fingerprint density at radius 2 is 1.76 bits per heavy atom. The molecule has 0 saturated heterocycles. The number of ketones is 1. The van der Waals surface area contributed by atoms with Gasteiger partial charge in [0.15, 0.2) is 5.78 Å². The molecule has 3 heteroatoms. The monoisotopic (exact) mass is 298 g/mol. The highest BCUT2D eigenvalue weighted by molar-refractivity contribution is 6.31. The lowest BCUT2D eigenvalue weighted by atomic mass is 9.88. The topological polar surface area (TPSA) is 37.3 Å². The number of aliphatic hydroxyl groups is 1. The molecule has 0 saturated carbocycles. The molecular weight excluding hydrogens is 284 g/mol. The largest absolute Gasteiger partial charge is 0.384 e. The Morgan fingerprint density at radius 3 is 2.38 bits per heavy atom. The summed E-state index contributed by atoms with van der Waals surface area (Å²) in [6, 6.07) is 15.8. The van der Waals surface area contributed by atoms with Gasteiger partial charge in [0.05, 0.1) is 0 Å². The van der Waals surface area contributed by atoms with Gasteiger partial charge in [0.2, 0.25) is 0 Å². The number of carbonyl (C=O) groups is 1. The van der Waals surface area contributed by atoms with Crippen LogP contribution in [-0.2, 0) is 0 Å². The van der Waals surface area contributed by atoms with E-state index in [0.29, 0.717) is 16.1 Å². The summed E-state index contributed by atoms with van der Waals surface area (Å²) in [6.07, 6.45) is 0.328. The van der Waals surface area contributed by atoms with Gasteiger partial charge < -0.3 is 5.11 Å². The van der Waals surface area contributed by atoms with E-state index >= 15 is 0 Å². The Labute approximate surface area is 129 Å². The second kappa shape index (κ2) is 7.05. The standard InChI is InChI=1S/C18H15ClO2/c1-2-8-15(14-11-6-7-12-16(14)19)18(21)17(20)13-9-4-3-5-10-13/h3-12,15,18,21H,1H2/t15-,18-/m1/s1. The van der Waals surface area contributed by atoms with Gasteiger partial charge in [0.25, 0.3) is 0 Å². The maximum atomic E-state index is 12.4. The SMILES string of the molecule is C=C=C[C@H](c1ccccc1Cl)[C@@H](O)C(=O)c1ccccc1. The highest BCUT2D eigenvalue weighted by Gasteiger charge is 2.27. The van der Waals surface area contributed by atoms with E-state index in [2.05, 4.69) is 12.3 Å². The molecule has 2 atom stereocenters. The summed E-state index contributed by atoms with van der Waals surface area (Å²) < 4.78 is 0. The third-order valence-corrected chi connectivity index (χ3v) is 3.57. The Balaban J connectivity index is 2.37. The number of benzene rings is 2. The van der Waals surface area contributed by atoms with E-state index in [1.807, 2.05) is 12.1 Å². The molecule has 2 aromatic carbocycles. The van der Waals surface area contributed by atoms with Crippen molar-refractivity contribution in [1.82, 2.24) is 0 Å². The average molecular weight is 299 g/mol. The van der Waals surface area contributed by atoms with Crippen LogP contribution in [0, 0.1) is 0 Å². The fourth-order valence-electron chi connectivity index (χ4n) is 2.16. The summed E-state index contributed by atoms with van der Waals surface area (Å²) >= 11 is 6.16. The smallest absolute Gasteiger partial charge is 0.192 e. The van der Waals surface area contributed by atoms with E-state index in [-0.39, 0.29) is 5.78 Å². The van der Waals surface area contributed by atoms with Crippen molar-refractivity contribution in [3.63, 3.8) is 0 Å². The number of hydrogen-bond donors (Lipinski definition) is 1. The molecule has 0 aliphatic heterocycles. The number of rotatable bonds is 5. The maximum absolute atomic E-state index is 12.4. The molecule has 2 nitrogen and oxygen atoms in total. The molecule has 2 rings (SSSR count). The predicted octanol–water partition coefficient (Wildman–Crippen LogP) is 4.01. The molecule has 0 bridgehead atoms. The minimum atomic E-state index is -1.23. The lowest BCUT2D eigenvalue weighted by Crippen LogP contribution is -2.27. The molecule has 21 heavy (non-hydrogen) atoms. The zero-order valence-corrected chi connectivity index (χ0v) is 12.1. The van der Waals surface area contributed by atoms with Crippen molar-refractivity contribution in [1.29, 1.82) is 0 Å². The minimum Gasteiger partial charge on any atom is -0.384 e. The second-order valence-electron chi connectivity index (χ2n) is 4.59. The zero-order chi connectivity index (χ0) is 15.2. The lowest BCUT2D eigenvalue weighted by Gasteiger charge is -2.19. The Kier molecular flexibility index (Phi) is 5.13. The molecule has 0 radical (unpaired) electrons. The van der Waals surface area contributed by atoms with Gasteiger partial charge >= 0.3 is 0 Å². The van der Waals surface area contributed by atoms with Crippen molar-refractivity contribution < 1.29 is 9.90 Å². The zero-order valence-electron chi connectivity index (χ0n) is 11.4. The second-order valence-corrected chi connectivity index (χ2v) is 5.00. The number of hydrogen-bond acceptors (Lipinski definition) is 2. The van der Waals surface area contributed by atoms with Crippen molar-refractivity contribution in [3.05, 3.63) is 89.1 Å². The summed E-state index contributed by atoms with van der Waals surface area (Å²) in [5.74, 6) is -0.934. The molecule has 0 aliphatic carbocycles. The van der Waals surface area contributed by atoms with Crippen LogP contribution in [0.25, 0.3) is 0 Å². The molecule has 0 aliphatic rings. The highest BCUT2D eigenvalue weighted by Crippen LogP contribution is 2.29. The van der Waals surface area contributed by atoms with Gasteiger partial charge in [-0.1, -0.05) is 66.7 Å². The van der Waals surface area contributed by atoms with E-state index in [1.54, 1.807) is 48.5 Å². The number of carbonyl (C=O) groups excluding carboxylic acids is 1. The Morgan fingerprint density at radius 1 is 1.14 bits per heavy atom. The van der Waals surface area contributed by atoms with Gasteiger partial charge in [0, 0.05) is 16.5 Å². The first-order valence-corrected chi connectivity index (χ1v) is 6.90. The molecule has 0 amide bonds. The van der Waals surface area contributed by atoms with Crippen LogP contribution < -0.4 is 0 Å². The summed E-state index contributed by atoms with van der Waals surface area (Å²) in [5, 5.41) is 10.9. The van der Waals surface area contributed by atoms with Crippen LogP contribution in [0.5, 0.6) is 0 Å². The Hall–Kier alpha value is -2.12. The van der Waals surface area contributed by atoms with Crippen LogP contribution in [0.1, 0.15) is 21.8 Å². The maximum Gasteiger partial charge on any atom is 0.192 e. The van der Waals surface area contributed by atoms with Crippen molar-refractivity contribution in [3.8, 4) is 0 Å².